The Morgan fingerprint density at radius 1 is 1.11 bits per heavy atom. The minimum absolute atomic E-state index is 0.00351. The van der Waals surface area contributed by atoms with E-state index in [-0.39, 0.29) is 24.1 Å². The molecule has 0 bridgehead atoms. The summed E-state index contributed by atoms with van der Waals surface area (Å²) in [5.41, 5.74) is 6.37. The van der Waals surface area contributed by atoms with Gasteiger partial charge in [-0.05, 0) is 80.7 Å². The van der Waals surface area contributed by atoms with Crippen LogP contribution in [0.15, 0.2) is 42.5 Å². The lowest BCUT2D eigenvalue weighted by Gasteiger charge is -2.13. The molecule has 2 aromatic carbocycles. The van der Waals surface area contributed by atoms with Gasteiger partial charge >= 0.3 is 0 Å². The summed E-state index contributed by atoms with van der Waals surface area (Å²) in [6.07, 6.45) is 4.01. The zero-order valence-corrected chi connectivity index (χ0v) is 21.7. The highest BCUT2D eigenvalue weighted by Gasteiger charge is 2.28. The van der Waals surface area contributed by atoms with Gasteiger partial charge in [-0.2, -0.15) is 0 Å². The highest BCUT2D eigenvalue weighted by atomic mass is 35.5. The number of nitrogens with one attached hydrogen (secondary N) is 3. The van der Waals surface area contributed by atoms with Gasteiger partial charge in [-0.3, -0.25) is 19.3 Å². The van der Waals surface area contributed by atoms with Gasteiger partial charge in [-0.1, -0.05) is 35.9 Å². The molecule has 1 aromatic heterocycles. The fraction of sp³-hybridized carbons (Fsp3) is 0.276. The van der Waals surface area contributed by atoms with Crippen LogP contribution in [0.2, 0.25) is 5.02 Å². The largest absolute Gasteiger partial charge is 0.358 e. The standard InChI is InChI=1S/C29H29ClN4O3/c1-17-25(32-18(2)26(17)29(37)31-15-21(35)16-34-11-3-4-12-34)14-23-27-22(19-7-5-8-20(30)13-19)9-6-10-24(27)33-28(23)36/h5-10,13-14,32H,3-4,11-12,15-16H2,1-2H3,(H,31,37)(H,33,36)/b23-14-. The first-order chi connectivity index (χ1) is 17.8. The first-order valence-corrected chi connectivity index (χ1v) is 12.8. The van der Waals surface area contributed by atoms with E-state index in [0.29, 0.717) is 34.1 Å². The van der Waals surface area contributed by atoms with Crippen LogP contribution in [0.4, 0.5) is 5.69 Å². The van der Waals surface area contributed by atoms with E-state index in [0.717, 1.165) is 53.9 Å². The molecular formula is C29H29ClN4O3. The fourth-order valence-corrected chi connectivity index (χ4v) is 5.39. The molecule has 0 saturated carbocycles. The number of aromatic nitrogens is 1. The summed E-state index contributed by atoms with van der Waals surface area (Å²) in [6, 6.07) is 13.2. The maximum absolute atomic E-state index is 13.0. The second-order valence-electron chi connectivity index (χ2n) is 9.62. The number of amides is 2. The number of H-pyrrole nitrogens is 1. The molecule has 0 spiro atoms. The van der Waals surface area contributed by atoms with Crippen molar-refractivity contribution in [2.45, 2.75) is 26.7 Å². The van der Waals surface area contributed by atoms with Crippen molar-refractivity contribution in [2.24, 2.45) is 0 Å². The Bertz CT molecular complexity index is 1430. The van der Waals surface area contributed by atoms with Gasteiger partial charge in [0.05, 0.1) is 24.2 Å². The van der Waals surface area contributed by atoms with E-state index in [1.807, 2.05) is 56.3 Å². The summed E-state index contributed by atoms with van der Waals surface area (Å²) >= 11 is 6.24. The first kappa shape index (κ1) is 25.0. The number of hydrogen-bond acceptors (Lipinski definition) is 4. The van der Waals surface area contributed by atoms with Gasteiger partial charge in [0.25, 0.3) is 11.8 Å². The molecule has 1 fully saturated rings. The molecule has 2 aliphatic rings. The van der Waals surface area contributed by atoms with Crippen molar-refractivity contribution in [3.05, 3.63) is 75.6 Å². The van der Waals surface area contributed by atoms with Gasteiger partial charge in [-0.25, -0.2) is 0 Å². The third kappa shape index (κ3) is 5.10. The van der Waals surface area contributed by atoms with Crippen LogP contribution in [0.25, 0.3) is 22.8 Å². The van der Waals surface area contributed by atoms with E-state index in [1.165, 1.54) is 0 Å². The lowest BCUT2D eigenvalue weighted by molar-refractivity contribution is -0.119. The van der Waals surface area contributed by atoms with Crippen LogP contribution in [-0.2, 0) is 9.59 Å². The minimum atomic E-state index is -0.304. The van der Waals surface area contributed by atoms with Crippen molar-refractivity contribution in [1.29, 1.82) is 0 Å². The van der Waals surface area contributed by atoms with Crippen LogP contribution < -0.4 is 10.6 Å². The molecule has 3 N–H and O–H groups in total. The Hall–Kier alpha value is -3.68. The van der Waals surface area contributed by atoms with Crippen molar-refractivity contribution in [3.63, 3.8) is 0 Å². The maximum atomic E-state index is 13.0. The van der Waals surface area contributed by atoms with Gasteiger partial charge in [0.1, 0.15) is 0 Å². The number of rotatable bonds is 7. The number of anilines is 1. The molecule has 2 amide bonds. The number of likely N-dealkylation sites (tertiary alicyclic amines) is 1. The summed E-state index contributed by atoms with van der Waals surface area (Å²) in [6.45, 7) is 5.89. The van der Waals surface area contributed by atoms with Crippen molar-refractivity contribution in [1.82, 2.24) is 15.2 Å². The third-order valence-electron chi connectivity index (χ3n) is 7.00. The van der Waals surface area contributed by atoms with E-state index in [1.54, 1.807) is 6.08 Å². The number of halogens is 1. The smallest absolute Gasteiger partial charge is 0.256 e. The monoisotopic (exact) mass is 516 g/mol. The number of nitrogens with zero attached hydrogens (tertiary/aromatic N) is 1. The molecule has 0 radical (unpaired) electrons. The molecule has 190 valence electrons. The van der Waals surface area contributed by atoms with Crippen molar-refractivity contribution < 1.29 is 14.4 Å². The molecular weight excluding hydrogens is 488 g/mol. The molecule has 0 atom stereocenters. The summed E-state index contributed by atoms with van der Waals surface area (Å²) in [5.74, 6) is -0.521. The predicted molar refractivity (Wildman–Crippen MR) is 147 cm³/mol. The molecule has 1 saturated heterocycles. The molecule has 7 nitrogen and oxygen atoms in total. The number of fused-ring (bicyclic) bond motifs is 1. The highest BCUT2D eigenvalue weighted by Crippen LogP contribution is 2.41. The number of ketones is 1. The van der Waals surface area contributed by atoms with E-state index in [2.05, 4.69) is 20.5 Å². The normalized spacial score (nSPS) is 16.2. The Kier molecular flexibility index (Phi) is 7.00. The molecule has 3 heterocycles. The number of Topliss-reactive ketones (excluding diaryl/α,β-unsaturated/α-hetero) is 1. The summed E-state index contributed by atoms with van der Waals surface area (Å²) in [5, 5.41) is 6.33. The molecule has 0 aliphatic carbocycles. The van der Waals surface area contributed by atoms with Crippen molar-refractivity contribution >= 4 is 46.5 Å². The summed E-state index contributed by atoms with van der Waals surface area (Å²) in [4.78, 5) is 43.7. The zero-order valence-electron chi connectivity index (χ0n) is 20.9. The lowest BCUT2D eigenvalue weighted by atomic mass is 9.94. The van der Waals surface area contributed by atoms with Crippen LogP contribution >= 0.6 is 11.6 Å². The summed E-state index contributed by atoms with van der Waals surface area (Å²) < 4.78 is 0. The van der Waals surface area contributed by atoms with E-state index < -0.39 is 0 Å². The number of carbonyl (C=O) groups is 3. The molecule has 2 aliphatic heterocycles. The van der Waals surface area contributed by atoms with Crippen molar-refractivity contribution in [2.75, 3.05) is 31.5 Å². The number of aromatic amines is 1. The molecule has 0 unspecified atom stereocenters. The molecule has 3 aromatic rings. The number of aryl methyl sites for hydroxylation is 1. The Morgan fingerprint density at radius 2 is 1.86 bits per heavy atom. The lowest BCUT2D eigenvalue weighted by Crippen LogP contribution is -2.36. The predicted octanol–water partition coefficient (Wildman–Crippen LogP) is 4.84. The second kappa shape index (κ2) is 10.4. The SMILES string of the molecule is Cc1[nH]c(/C=C2\C(=O)Nc3cccc(-c4cccc(Cl)c4)c32)c(C)c1C(=O)NCC(=O)CN1CCCC1. The quantitative estimate of drug-likeness (QED) is 0.392. The first-order valence-electron chi connectivity index (χ1n) is 12.5. The average molecular weight is 517 g/mol. The topological polar surface area (TPSA) is 94.3 Å². The number of benzene rings is 2. The van der Waals surface area contributed by atoms with E-state index in [4.69, 9.17) is 11.6 Å². The third-order valence-corrected chi connectivity index (χ3v) is 7.23. The van der Waals surface area contributed by atoms with Crippen LogP contribution in [0.1, 0.15) is 45.7 Å². The fourth-order valence-electron chi connectivity index (χ4n) is 5.20. The Labute approximate surface area is 220 Å². The van der Waals surface area contributed by atoms with Gasteiger partial charge in [-0.15, -0.1) is 0 Å². The average Bonchev–Trinajstić information content (AvgIpc) is 3.56. The number of carbonyl (C=O) groups excluding carboxylic acids is 3. The molecule has 5 rings (SSSR count). The van der Waals surface area contributed by atoms with E-state index >= 15 is 0 Å². The number of hydrogen-bond donors (Lipinski definition) is 3. The van der Waals surface area contributed by atoms with Gasteiger partial charge in [0.2, 0.25) is 0 Å². The highest BCUT2D eigenvalue weighted by molar-refractivity contribution is 6.36. The summed E-state index contributed by atoms with van der Waals surface area (Å²) in [7, 11) is 0. The molecule has 37 heavy (non-hydrogen) atoms. The van der Waals surface area contributed by atoms with Crippen LogP contribution in [-0.4, -0.2) is 53.7 Å². The Morgan fingerprint density at radius 3 is 2.62 bits per heavy atom. The zero-order chi connectivity index (χ0) is 26.1. The van der Waals surface area contributed by atoms with Gasteiger partial charge in [0, 0.05) is 27.7 Å². The van der Waals surface area contributed by atoms with E-state index in [9.17, 15) is 14.4 Å². The maximum Gasteiger partial charge on any atom is 0.256 e. The van der Waals surface area contributed by atoms with Crippen LogP contribution in [0.3, 0.4) is 0 Å². The minimum Gasteiger partial charge on any atom is -0.358 e. The van der Waals surface area contributed by atoms with Crippen molar-refractivity contribution in [3.8, 4) is 11.1 Å². The Balaban J connectivity index is 1.41. The van der Waals surface area contributed by atoms with Crippen LogP contribution in [0, 0.1) is 13.8 Å². The molecule has 8 heteroatoms. The second-order valence-corrected chi connectivity index (χ2v) is 10.1. The van der Waals surface area contributed by atoms with Gasteiger partial charge in [0.15, 0.2) is 5.78 Å². The van der Waals surface area contributed by atoms with Crippen LogP contribution in [0.5, 0.6) is 0 Å². The van der Waals surface area contributed by atoms with Gasteiger partial charge < -0.3 is 15.6 Å².